The number of nitrogens with one attached hydrogen (secondary N) is 2. The van der Waals surface area contributed by atoms with Crippen LogP contribution in [-0.4, -0.2) is 111 Å². The number of allylic oxidation sites excluding steroid dienone is 1. The van der Waals surface area contributed by atoms with E-state index in [0.717, 1.165) is 33.4 Å². The van der Waals surface area contributed by atoms with Crippen molar-refractivity contribution in [2.24, 2.45) is 5.16 Å². The number of quaternary nitrogens is 1. The average molecular weight is 1220 g/mol. The van der Waals surface area contributed by atoms with Crippen LogP contribution in [0, 0.1) is 0 Å². The monoisotopic (exact) mass is 1220 g/mol. The number of anilines is 1. The van der Waals surface area contributed by atoms with Crippen LogP contribution in [0.5, 0.6) is 11.5 Å². The summed E-state index contributed by atoms with van der Waals surface area (Å²) in [4.78, 5) is 94.6. The molecule has 1 fully saturated rings. The molecular weight excluding hydrogens is 1150 g/mol. The lowest BCUT2D eigenvalue weighted by molar-refractivity contribution is -0.884. The van der Waals surface area contributed by atoms with E-state index in [4.69, 9.17) is 28.8 Å². The van der Waals surface area contributed by atoms with E-state index in [1.54, 1.807) is 38.3 Å². The minimum absolute atomic E-state index is 0.0359. The molecule has 0 saturated carbocycles. The number of carbonyl (C=O) groups is 6. The molecular formula is C69H71N6O11S2+. The predicted molar refractivity (Wildman–Crippen MR) is 339 cm³/mol. The number of oxime groups is 1. The molecule has 6 aromatic carbocycles. The highest BCUT2D eigenvalue weighted by Crippen LogP contribution is 2.44. The van der Waals surface area contributed by atoms with Crippen molar-refractivity contribution in [2.45, 2.75) is 89.1 Å². The first-order chi connectivity index (χ1) is 42.0. The van der Waals surface area contributed by atoms with Gasteiger partial charge in [-0.1, -0.05) is 169 Å². The van der Waals surface area contributed by atoms with Crippen LogP contribution in [0.1, 0.15) is 93.6 Å². The Morgan fingerprint density at radius 1 is 0.739 bits per heavy atom. The van der Waals surface area contributed by atoms with Crippen LogP contribution in [0.2, 0.25) is 0 Å². The standard InChI is InChI=1S/C69H70N6O11S2/c1-45(76)82-55-38-37-47(42-56(55)83-46(2)77)39-41-75(8,9)40-25-30-50-43-87-63-58(62(79)74(63)59(50)64(80)84-60(48-26-15-10-16-27-48)49-28-17-11-18-29-49)71-61(78)57(73-86-68(6,7)65(81)85-67(3,4)5)54-44-88-66(70-54)72-69(51-31-19-12-20-32-51,52-33-21-13-22-34-52)53-35-23-14-24-36-53/h10-38,42,44,58,60,63H,39-41,43H2,1-9H3,(H-,70,71,72,78)/p+1/b30-25+,73-57-/t58?,63-/m1/s1. The minimum atomic E-state index is -1.69. The van der Waals surface area contributed by atoms with Crippen LogP contribution < -0.4 is 20.1 Å². The normalized spacial score (nSPS) is 15.5. The summed E-state index contributed by atoms with van der Waals surface area (Å²) in [6, 6.07) is 52.5. The number of hydrogen-bond acceptors (Lipinski definition) is 16. The Kier molecular flexibility index (Phi) is 19.6. The first-order valence-corrected chi connectivity index (χ1v) is 30.6. The lowest BCUT2D eigenvalue weighted by atomic mass is 9.77. The smallest absolute Gasteiger partial charge is 0.356 e. The molecule has 2 aliphatic rings. The van der Waals surface area contributed by atoms with Gasteiger partial charge in [0.2, 0.25) is 5.60 Å². The Labute approximate surface area is 521 Å². The third kappa shape index (κ3) is 15.1. The van der Waals surface area contributed by atoms with E-state index in [9.17, 15) is 19.2 Å². The second kappa shape index (κ2) is 27.3. The molecule has 2 atom stereocenters. The first-order valence-electron chi connectivity index (χ1n) is 28.7. The summed E-state index contributed by atoms with van der Waals surface area (Å²) in [6.07, 6.45) is 3.53. The molecule has 1 unspecified atom stereocenters. The lowest BCUT2D eigenvalue weighted by Crippen LogP contribution is -2.71. The van der Waals surface area contributed by atoms with Gasteiger partial charge in [0.15, 0.2) is 28.4 Å². The molecule has 1 aromatic heterocycles. The van der Waals surface area contributed by atoms with Crippen molar-refractivity contribution in [3.05, 3.63) is 238 Å². The Bertz CT molecular complexity index is 3620. The summed E-state index contributed by atoms with van der Waals surface area (Å²) < 4.78 is 23.3. The van der Waals surface area contributed by atoms with Gasteiger partial charge >= 0.3 is 23.9 Å². The van der Waals surface area contributed by atoms with E-state index in [2.05, 4.69) is 15.8 Å². The number of rotatable bonds is 23. The van der Waals surface area contributed by atoms with Crippen molar-refractivity contribution in [2.75, 3.05) is 38.3 Å². The molecule has 2 amide bonds. The van der Waals surface area contributed by atoms with Gasteiger partial charge in [0, 0.05) is 31.4 Å². The van der Waals surface area contributed by atoms with Crippen LogP contribution >= 0.6 is 23.1 Å². The second-order valence-corrected chi connectivity index (χ2v) is 25.3. The van der Waals surface area contributed by atoms with Gasteiger partial charge in [0.05, 0.1) is 27.2 Å². The number of thiazole rings is 1. The van der Waals surface area contributed by atoms with Crippen LogP contribution in [-0.2, 0) is 55.0 Å². The maximum atomic E-state index is 15.1. The fourth-order valence-corrected chi connectivity index (χ4v) is 12.2. The molecule has 454 valence electrons. The van der Waals surface area contributed by atoms with Gasteiger partial charge in [0.1, 0.15) is 33.9 Å². The Balaban J connectivity index is 1.02. The molecule has 0 spiro atoms. The van der Waals surface area contributed by atoms with Gasteiger partial charge in [-0.3, -0.25) is 24.1 Å². The van der Waals surface area contributed by atoms with Gasteiger partial charge in [-0.25, -0.2) is 14.6 Å². The third-order valence-corrected chi connectivity index (χ3v) is 16.5. The zero-order valence-corrected chi connectivity index (χ0v) is 52.2. The minimum Gasteiger partial charge on any atom is -0.457 e. The number of amides is 2. The number of esters is 4. The maximum Gasteiger partial charge on any atom is 0.356 e. The fraction of sp³-hybridized carbons (Fsp3) is 0.275. The molecule has 0 bridgehead atoms. The van der Waals surface area contributed by atoms with Crippen molar-refractivity contribution >= 4 is 69.6 Å². The fourth-order valence-electron chi connectivity index (χ4n) is 10.1. The molecule has 7 aromatic rings. The number of thioether (sulfide) groups is 1. The summed E-state index contributed by atoms with van der Waals surface area (Å²) in [5.74, 6) is -3.43. The highest BCUT2D eigenvalue weighted by Gasteiger charge is 2.55. The topological polar surface area (TPSA) is 201 Å². The second-order valence-electron chi connectivity index (χ2n) is 23.4. The quantitative estimate of drug-likeness (QED) is 0.0116. The molecule has 0 radical (unpaired) electrons. The van der Waals surface area contributed by atoms with Gasteiger partial charge in [-0.15, -0.1) is 23.1 Å². The molecule has 1 saturated heterocycles. The molecule has 17 nitrogen and oxygen atoms in total. The summed E-state index contributed by atoms with van der Waals surface area (Å²) in [6.45, 7) is 11.8. The largest absolute Gasteiger partial charge is 0.457 e. The Hall–Kier alpha value is -9.17. The molecule has 0 aliphatic carbocycles. The van der Waals surface area contributed by atoms with Crippen molar-refractivity contribution in [1.82, 2.24) is 15.2 Å². The van der Waals surface area contributed by atoms with Gasteiger partial charge in [-0.05, 0) is 91.8 Å². The van der Waals surface area contributed by atoms with Gasteiger partial charge < -0.3 is 38.9 Å². The summed E-state index contributed by atoms with van der Waals surface area (Å²) in [5.41, 5.74) is 1.85. The number of carbonyl (C=O) groups excluding carboxylic acids is 6. The zero-order valence-electron chi connectivity index (χ0n) is 50.6. The van der Waals surface area contributed by atoms with Crippen LogP contribution in [0.3, 0.4) is 0 Å². The SMILES string of the molecule is CC(=O)Oc1ccc(CC[N+](C)(C)C/C=C/C2=C(C(=O)OC(c3ccccc3)c3ccccc3)N3C(=O)C(NC(=O)/C(=N\OC(C)(C)C(=O)OC(C)(C)C)c4csc(NC(c5ccccc5)(c5ccccc5)c5ccccc5)n4)[C@H]3SC2)cc1OC(C)=O. The highest BCUT2D eigenvalue weighted by atomic mass is 32.2. The molecule has 19 heteroatoms. The molecule has 2 aliphatic heterocycles. The molecule has 2 N–H and O–H groups in total. The number of hydrogen-bond donors (Lipinski definition) is 2. The van der Waals surface area contributed by atoms with Gasteiger partial charge in [0.25, 0.3) is 11.8 Å². The molecule has 88 heavy (non-hydrogen) atoms. The van der Waals surface area contributed by atoms with Gasteiger partial charge in [-0.2, -0.15) is 0 Å². The van der Waals surface area contributed by atoms with Crippen molar-refractivity contribution < 1.29 is 57.0 Å². The first kappa shape index (κ1) is 63.3. The lowest BCUT2D eigenvalue weighted by Gasteiger charge is -2.49. The third-order valence-electron chi connectivity index (χ3n) is 14.5. The van der Waals surface area contributed by atoms with Crippen molar-refractivity contribution in [1.29, 1.82) is 0 Å². The van der Waals surface area contributed by atoms with Crippen molar-refractivity contribution in [3.8, 4) is 11.5 Å². The van der Waals surface area contributed by atoms with E-state index in [1.807, 2.05) is 184 Å². The summed E-state index contributed by atoms with van der Waals surface area (Å²) in [7, 11) is 4.10. The van der Waals surface area contributed by atoms with E-state index in [-0.39, 0.29) is 34.4 Å². The zero-order chi connectivity index (χ0) is 62.8. The number of β-lactam (4-membered cyclic amide) rings is 1. The van der Waals surface area contributed by atoms with E-state index < -0.39 is 70.0 Å². The predicted octanol–water partition coefficient (Wildman–Crippen LogP) is 11.1. The maximum absolute atomic E-state index is 15.1. The number of aromatic nitrogens is 1. The number of ether oxygens (including phenoxy) is 4. The Morgan fingerprint density at radius 2 is 1.27 bits per heavy atom. The van der Waals surface area contributed by atoms with Crippen molar-refractivity contribution in [3.63, 3.8) is 0 Å². The molecule has 9 rings (SSSR count). The summed E-state index contributed by atoms with van der Waals surface area (Å²) in [5, 5.41) is 12.3. The van der Waals surface area contributed by atoms with E-state index in [0.29, 0.717) is 34.7 Å². The Morgan fingerprint density at radius 3 is 1.81 bits per heavy atom. The van der Waals surface area contributed by atoms with Crippen LogP contribution in [0.25, 0.3) is 0 Å². The highest BCUT2D eigenvalue weighted by molar-refractivity contribution is 8.00. The number of fused-ring (bicyclic) bond motifs is 1. The number of likely N-dealkylation sites (N-methyl/N-ethyl adjacent to an activating group) is 1. The van der Waals surface area contributed by atoms with Crippen LogP contribution in [0.15, 0.2) is 204 Å². The summed E-state index contributed by atoms with van der Waals surface area (Å²) >= 11 is 2.59. The average Bonchev–Trinajstić information content (AvgIpc) is 1.21. The molecule has 3 heterocycles. The van der Waals surface area contributed by atoms with E-state index in [1.165, 1.54) is 55.7 Å². The van der Waals surface area contributed by atoms with Crippen LogP contribution in [0.4, 0.5) is 5.13 Å². The number of benzene rings is 6. The van der Waals surface area contributed by atoms with E-state index >= 15 is 9.59 Å². The number of nitrogens with zero attached hydrogens (tertiary/aromatic N) is 4.